The molecule has 82 valence electrons. The first-order valence-corrected chi connectivity index (χ1v) is 4.35. The second-order valence-electron chi connectivity index (χ2n) is 3.22. The van der Waals surface area contributed by atoms with Crippen molar-refractivity contribution in [2.75, 3.05) is 13.6 Å². The molecule has 1 atom stereocenters. The molecule has 0 radical (unpaired) electrons. The number of nitrogens with zero attached hydrogens (tertiary/aromatic N) is 2. The predicted molar refractivity (Wildman–Crippen MR) is 52.0 cm³/mol. The maximum absolute atomic E-state index is 11.3. The van der Waals surface area contributed by atoms with Gasteiger partial charge in [-0.2, -0.15) is 0 Å². The number of amidine groups is 1. The zero-order valence-corrected chi connectivity index (χ0v) is 8.47. The number of aliphatic hydroxyl groups is 1. The Balaban J connectivity index is 3.88. The summed E-state index contributed by atoms with van der Waals surface area (Å²) in [6.07, 6.45) is -0.0281. The van der Waals surface area contributed by atoms with Crippen molar-refractivity contribution >= 4 is 11.7 Å². The second kappa shape index (κ2) is 6.20. The van der Waals surface area contributed by atoms with Crippen LogP contribution in [0.4, 0.5) is 0 Å². The van der Waals surface area contributed by atoms with Crippen LogP contribution < -0.4 is 5.73 Å². The van der Waals surface area contributed by atoms with Crippen LogP contribution in [-0.2, 0) is 4.79 Å². The van der Waals surface area contributed by atoms with Gasteiger partial charge in [-0.05, 0) is 13.3 Å². The fourth-order valence-electron chi connectivity index (χ4n) is 0.830. The van der Waals surface area contributed by atoms with Crippen molar-refractivity contribution in [1.82, 2.24) is 4.90 Å². The van der Waals surface area contributed by atoms with E-state index in [0.29, 0.717) is 13.0 Å². The van der Waals surface area contributed by atoms with Crippen LogP contribution in [0.2, 0.25) is 0 Å². The minimum absolute atomic E-state index is 0.104. The topological polar surface area (TPSA) is 99.2 Å². The van der Waals surface area contributed by atoms with Crippen LogP contribution in [-0.4, -0.2) is 46.7 Å². The van der Waals surface area contributed by atoms with Crippen LogP contribution in [0.15, 0.2) is 5.16 Å². The predicted octanol–water partition coefficient (Wildman–Crippen LogP) is -0.648. The Morgan fingerprint density at radius 3 is 2.64 bits per heavy atom. The van der Waals surface area contributed by atoms with Crippen molar-refractivity contribution < 1.29 is 15.1 Å². The largest absolute Gasteiger partial charge is 0.409 e. The summed E-state index contributed by atoms with van der Waals surface area (Å²) in [6, 6.07) is 0. The van der Waals surface area contributed by atoms with Crippen molar-refractivity contribution in [3.05, 3.63) is 0 Å². The van der Waals surface area contributed by atoms with Gasteiger partial charge in [0, 0.05) is 13.6 Å². The average molecular weight is 203 g/mol. The smallest absolute Gasteiger partial charge is 0.230 e. The number of nitrogens with two attached hydrogens (primary N) is 1. The molecule has 0 saturated heterocycles. The molecular weight excluding hydrogens is 186 g/mol. The van der Waals surface area contributed by atoms with Gasteiger partial charge in [0.2, 0.25) is 5.91 Å². The number of oxime groups is 1. The lowest BCUT2D eigenvalue weighted by Crippen LogP contribution is -2.32. The highest BCUT2D eigenvalue weighted by atomic mass is 16.4. The minimum atomic E-state index is -0.436. The number of hydrogen-bond donors (Lipinski definition) is 3. The van der Waals surface area contributed by atoms with Crippen molar-refractivity contribution in [2.24, 2.45) is 10.9 Å². The van der Waals surface area contributed by atoms with Crippen molar-refractivity contribution in [3.63, 3.8) is 0 Å². The lowest BCUT2D eigenvalue weighted by atomic mass is 10.2. The Kier molecular flexibility index (Phi) is 5.62. The minimum Gasteiger partial charge on any atom is -0.409 e. The van der Waals surface area contributed by atoms with Gasteiger partial charge in [-0.25, -0.2) is 0 Å². The molecule has 0 fully saturated rings. The van der Waals surface area contributed by atoms with Gasteiger partial charge >= 0.3 is 0 Å². The van der Waals surface area contributed by atoms with Crippen LogP contribution in [0, 0.1) is 0 Å². The molecule has 0 spiro atoms. The van der Waals surface area contributed by atoms with Crippen molar-refractivity contribution in [2.45, 2.75) is 25.9 Å². The summed E-state index contributed by atoms with van der Waals surface area (Å²) in [6.45, 7) is 2.11. The molecule has 14 heavy (non-hydrogen) atoms. The molecule has 0 aromatic rings. The van der Waals surface area contributed by atoms with Crippen LogP contribution in [0.3, 0.4) is 0 Å². The SMILES string of the molecule is CC(O)CCN(C)C(=O)CC(N)=NO. The molecule has 6 heteroatoms. The summed E-state index contributed by atoms with van der Waals surface area (Å²) in [5.74, 6) is -0.347. The van der Waals surface area contributed by atoms with E-state index < -0.39 is 6.10 Å². The zero-order chi connectivity index (χ0) is 11.1. The number of aliphatic hydroxyl groups excluding tert-OH is 1. The molecule has 0 bridgehead atoms. The number of carbonyl (C=O) groups is 1. The van der Waals surface area contributed by atoms with E-state index in [1.165, 1.54) is 4.90 Å². The molecule has 6 nitrogen and oxygen atoms in total. The van der Waals surface area contributed by atoms with Crippen LogP contribution in [0.25, 0.3) is 0 Å². The number of hydrogen-bond acceptors (Lipinski definition) is 4. The molecule has 0 aliphatic carbocycles. The van der Waals surface area contributed by atoms with Gasteiger partial charge in [0.05, 0.1) is 12.5 Å². The monoisotopic (exact) mass is 203 g/mol. The Morgan fingerprint density at radius 1 is 1.64 bits per heavy atom. The molecule has 0 heterocycles. The van der Waals surface area contributed by atoms with Gasteiger partial charge in [-0.1, -0.05) is 5.16 Å². The number of carbonyl (C=O) groups excluding carboxylic acids is 1. The van der Waals surface area contributed by atoms with Gasteiger partial charge in [0.1, 0.15) is 5.84 Å². The van der Waals surface area contributed by atoms with Gasteiger partial charge in [0.25, 0.3) is 0 Å². The molecule has 0 aromatic carbocycles. The maximum atomic E-state index is 11.3. The highest BCUT2D eigenvalue weighted by Gasteiger charge is 2.11. The normalized spacial score (nSPS) is 13.8. The molecule has 0 saturated carbocycles. The third-order valence-corrected chi connectivity index (χ3v) is 1.77. The summed E-state index contributed by atoms with van der Waals surface area (Å²) < 4.78 is 0. The fraction of sp³-hybridized carbons (Fsp3) is 0.750. The molecule has 0 aliphatic rings. The molecule has 0 aromatic heterocycles. The molecule has 1 amide bonds. The Morgan fingerprint density at radius 2 is 2.21 bits per heavy atom. The van der Waals surface area contributed by atoms with E-state index in [9.17, 15) is 4.79 Å². The average Bonchev–Trinajstić information content (AvgIpc) is 2.13. The van der Waals surface area contributed by atoms with Gasteiger partial charge in [-0.3, -0.25) is 4.79 Å². The standard InChI is InChI=1S/C8H17N3O3/c1-6(12)3-4-11(2)8(13)5-7(9)10-14/h6,12,14H,3-5H2,1-2H3,(H2,9,10). The Hall–Kier alpha value is -1.30. The number of amides is 1. The fourth-order valence-corrected chi connectivity index (χ4v) is 0.830. The Bertz CT molecular complexity index is 216. The van der Waals surface area contributed by atoms with E-state index in [2.05, 4.69) is 5.16 Å². The van der Waals surface area contributed by atoms with Gasteiger partial charge in [-0.15, -0.1) is 0 Å². The van der Waals surface area contributed by atoms with E-state index in [-0.39, 0.29) is 18.2 Å². The molecule has 0 aliphatic heterocycles. The zero-order valence-electron chi connectivity index (χ0n) is 8.47. The summed E-state index contributed by atoms with van der Waals surface area (Å²) in [4.78, 5) is 12.7. The van der Waals surface area contributed by atoms with Gasteiger partial charge in [0.15, 0.2) is 0 Å². The molecule has 0 rings (SSSR count). The Labute approximate surface area is 83.0 Å². The van der Waals surface area contributed by atoms with E-state index in [1.807, 2.05) is 0 Å². The summed E-state index contributed by atoms with van der Waals surface area (Å²) in [5, 5.41) is 19.9. The van der Waals surface area contributed by atoms with Crippen molar-refractivity contribution in [3.8, 4) is 0 Å². The third kappa shape index (κ3) is 5.36. The first kappa shape index (κ1) is 12.7. The lowest BCUT2D eigenvalue weighted by Gasteiger charge is -2.17. The quantitative estimate of drug-likeness (QED) is 0.239. The van der Waals surface area contributed by atoms with Crippen LogP contribution in [0.1, 0.15) is 19.8 Å². The summed E-state index contributed by atoms with van der Waals surface area (Å²) in [5.41, 5.74) is 5.17. The first-order valence-electron chi connectivity index (χ1n) is 4.35. The van der Waals surface area contributed by atoms with E-state index in [1.54, 1.807) is 14.0 Å². The molecule has 1 unspecified atom stereocenters. The highest BCUT2D eigenvalue weighted by molar-refractivity contribution is 5.98. The van der Waals surface area contributed by atoms with Gasteiger partial charge < -0.3 is 20.9 Å². The number of rotatable bonds is 5. The summed E-state index contributed by atoms with van der Waals surface area (Å²) >= 11 is 0. The van der Waals surface area contributed by atoms with E-state index in [0.717, 1.165) is 0 Å². The molecular formula is C8H17N3O3. The lowest BCUT2D eigenvalue weighted by molar-refractivity contribution is -0.128. The molecule has 4 N–H and O–H groups in total. The third-order valence-electron chi connectivity index (χ3n) is 1.77. The van der Waals surface area contributed by atoms with Crippen molar-refractivity contribution in [1.29, 1.82) is 0 Å². The maximum Gasteiger partial charge on any atom is 0.230 e. The highest BCUT2D eigenvalue weighted by Crippen LogP contribution is 1.96. The van der Waals surface area contributed by atoms with Crippen LogP contribution >= 0.6 is 0 Å². The van der Waals surface area contributed by atoms with E-state index in [4.69, 9.17) is 16.0 Å². The first-order chi connectivity index (χ1) is 6.47. The summed E-state index contributed by atoms with van der Waals surface area (Å²) in [7, 11) is 1.61. The van der Waals surface area contributed by atoms with Crippen LogP contribution in [0.5, 0.6) is 0 Å². The van der Waals surface area contributed by atoms with E-state index >= 15 is 0 Å². The second-order valence-corrected chi connectivity index (χ2v) is 3.22.